The molecular formula is C27H33N3O6. The zero-order valence-corrected chi connectivity index (χ0v) is 21.4. The minimum absolute atomic E-state index is 0.105. The molecule has 0 fully saturated rings. The Balaban J connectivity index is 2.43. The Bertz CT molecular complexity index is 1120. The minimum atomic E-state index is -1.31. The third-order valence-electron chi connectivity index (χ3n) is 5.03. The van der Waals surface area contributed by atoms with Gasteiger partial charge >= 0.3 is 6.09 Å². The third kappa shape index (κ3) is 7.67. The summed E-state index contributed by atoms with van der Waals surface area (Å²) in [4.78, 5) is 40.4. The van der Waals surface area contributed by atoms with Gasteiger partial charge in [0.1, 0.15) is 29.2 Å². The number of nitrogens with zero attached hydrogens (tertiary/aromatic N) is 1. The lowest BCUT2D eigenvalue weighted by atomic mass is 9.99. The fourth-order valence-electron chi connectivity index (χ4n) is 3.36. The minimum Gasteiger partial charge on any atom is -0.508 e. The van der Waals surface area contributed by atoms with E-state index in [0.717, 1.165) is 4.90 Å². The van der Waals surface area contributed by atoms with Crippen LogP contribution in [0.25, 0.3) is 0 Å². The molecule has 0 aliphatic carbocycles. The summed E-state index contributed by atoms with van der Waals surface area (Å²) in [7, 11) is 1.53. The molecule has 2 aromatic carbocycles. The van der Waals surface area contributed by atoms with Crippen molar-refractivity contribution in [3.8, 4) is 24.0 Å². The first-order valence-electron chi connectivity index (χ1n) is 11.4. The maximum absolute atomic E-state index is 13.6. The lowest BCUT2D eigenvalue weighted by Crippen LogP contribution is -2.53. The average molecular weight is 496 g/mol. The van der Waals surface area contributed by atoms with Gasteiger partial charge in [0.05, 0.1) is 7.11 Å². The fraction of sp³-hybridized carbons (Fsp3) is 0.370. The van der Waals surface area contributed by atoms with E-state index in [1.165, 1.54) is 25.3 Å². The van der Waals surface area contributed by atoms with Crippen molar-refractivity contribution in [2.45, 2.75) is 52.3 Å². The first kappa shape index (κ1) is 28.1. The van der Waals surface area contributed by atoms with Crippen molar-refractivity contribution in [2.24, 2.45) is 5.92 Å². The number of aromatic hydroxyl groups is 1. The summed E-state index contributed by atoms with van der Waals surface area (Å²) in [6, 6.07) is 12.4. The van der Waals surface area contributed by atoms with E-state index in [1.807, 2.05) is 0 Å². The van der Waals surface area contributed by atoms with Gasteiger partial charge in [0.2, 0.25) is 0 Å². The van der Waals surface area contributed by atoms with Crippen LogP contribution in [0.5, 0.6) is 11.5 Å². The van der Waals surface area contributed by atoms with E-state index in [-0.39, 0.29) is 17.2 Å². The monoisotopic (exact) mass is 495 g/mol. The van der Waals surface area contributed by atoms with Crippen LogP contribution in [0, 0.1) is 18.4 Å². The van der Waals surface area contributed by atoms with Gasteiger partial charge in [0, 0.05) is 11.7 Å². The molecule has 0 aliphatic heterocycles. The largest absolute Gasteiger partial charge is 0.508 e. The molecule has 3 N–H and O–H groups in total. The van der Waals surface area contributed by atoms with Crippen molar-refractivity contribution in [1.82, 2.24) is 10.2 Å². The molecule has 9 nitrogen and oxygen atoms in total. The van der Waals surface area contributed by atoms with Crippen LogP contribution in [0.15, 0.2) is 48.5 Å². The van der Waals surface area contributed by atoms with Crippen LogP contribution in [0.2, 0.25) is 0 Å². The predicted molar refractivity (Wildman–Crippen MR) is 136 cm³/mol. The molecule has 2 unspecified atom stereocenters. The number of phenols is 1. The molecule has 192 valence electrons. The van der Waals surface area contributed by atoms with Crippen LogP contribution < -0.4 is 15.4 Å². The number of rotatable bonds is 8. The van der Waals surface area contributed by atoms with Crippen molar-refractivity contribution in [3.05, 3.63) is 54.1 Å². The van der Waals surface area contributed by atoms with E-state index in [2.05, 4.69) is 16.7 Å². The zero-order chi connectivity index (χ0) is 27.0. The number of hydrogen-bond donors (Lipinski definition) is 3. The molecule has 3 amide bonds. The number of hydrogen-bond acceptors (Lipinski definition) is 6. The Morgan fingerprint density at radius 1 is 1.08 bits per heavy atom. The Kier molecular flexibility index (Phi) is 9.33. The van der Waals surface area contributed by atoms with E-state index < -0.39 is 35.6 Å². The summed E-state index contributed by atoms with van der Waals surface area (Å²) in [5.41, 5.74) is -0.0437. The Morgan fingerprint density at radius 3 is 2.22 bits per heavy atom. The van der Waals surface area contributed by atoms with Crippen LogP contribution in [0.1, 0.15) is 46.2 Å². The average Bonchev–Trinajstić information content (AvgIpc) is 2.79. The van der Waals surface area contributed by atoms with E-state index in [1.54, 1.807) is 65.0 Å². The Labute approximate surface area is 211 Å². The van der Waals surface area contributed by atoms with Crippen molar-refractivity contribution >= 4 is 23.6 Å². The van der Waals surface area contributed by atoms with Crippen LogP contribution >= 0.6 is 0 Å². The van der Waals surface area contributed by atoms with Crippen LogP contribution in [-0.2, 0) is 14.3 Å². The molecule has 36 heavy (non-hydrogen) atoms. The smallest absolute Gasteiger partial charge is 0.408 e. The van der Waals surface area contributed by atoms with Gasteiger partial charge in [-0.3, -0.25) is 14.5 Å². The van der Waals surface area contributed by atoms with Gasteiger partial charge in [0.15, 0.2) is 0 Å². The summed E-state index contributed by atoms with van der Waals surface area (Å²) >= 11 is 0. The highest BCUT2D eigenvalue weighted by Gasteiger charge is 2.37. The van der Waals surface area contributed by atoms with Crippen molar-refractivity contribution in [1.29, 1.82) is 0 Å². The standard InChI is InChI=1S/C27H33N3O6/c1-8-30(25(33)22(17(2)3)29-26(34)36-27(4,5)6)23(18-10-9-11-20(31)16-18)24(32)28-19-12-14-21(35-7)15-13-19/h1,9-17,22-23,31H,2-7H3,(H,28,32)(H,29,34). The van der Waals surface area contributed by atoms with Gasteiger partial charge in [-0.15, -0.1) is 0 Å². The Morgan fingerprint density at radius 2 is 1.72 bits per heavy atom. The van der Waals surface area contributed by atoms with Gasteiger partial charge in [-0.05, 0) is 68.7 Å². The molecule has 2 rings (SSSR count). The number of amides is 3. The van der Waals surface area contributed by atoms with Gasteiger partial charge in [0.25, 0.3) is 11.8 Å². The second-order valence-corrected chi connectivity index (χ2v) is 9.42. The second-order valence-electron chi connectivity index (χ2n) is 9.42. The Hall–Kier alpha value is -4.19. The molecule has 0 heterocycles. The van der Waals surface area contributed by atoms with Crippen LogP contribution in [0.4, 0.5) is 10.5 Å². The number of terminal acetylenes is 1. The number of benzene rings is 2. The van der Waals surface area contributed by atoms with Crippen molar-refractivity contribution in [2.75, 3.05) is 12.4 Å². The summed E-state index contributed by atoms with van der Waals surface area (Å²) in [6.07, 6.45) is 4.95. The maximum atomic E-state index is 13.6. The number of alkyl carbamates (subject to hydrolysis) is 1. The summed E-state index contributed by atoms with van der Waals surface area (Å²) in [5, 5.41) is 15.3. The number of carbonyl (C=O) groups excluding carboxylic acids is 3. The van der Waals surface area contributed by atoms with Crippen molar-refractivity contribution < 1.29 is 29.0 Å². The molecule has 0 aliphatic rings. The number of methoxy groups -OCH3 is 1. The molecule has 0 spiro atoms. The quantitative estimate of drug-likeness (QED) is 0.376. The molecule has 2 atom stereocenters. The van der Waals surface area contributed by atoms with Gasteiger partial charge in [-0.1, -0.05) is 32.4 Å². The fourth-order valence-corrected chi connectivity index (χ4v) is 3.36. The third-order valence-corrected chi connectivity index (χ3v) is 5.03. The molecule has 0 bridgehead atoms. The van der Waals surface area contributed by atoms with Crippen molar-refractivity contribution in [3.63, 3.8) is 0 Å². The lowest BCUT2D eigenvalue weighted by Gasteiger charge is -2.31. The molecule has 0 saturated carbocycles. The zero-order valence-electron chi connectivity index (χ0n) is 21.4. The number of phenolic OH excluding ortho intramolecular Hbond substituents is 1. The molecule has 2 aromatic rings. The lowest BCUT2D eigenvalue weighted by molar-refractivity contribution is -0.137. The summed E-state index contributed by atoms with van der Waals surface area (Å²) in [5.74, 6) is -1.18. The number of ether oxygens (including phenoxy) is 2. The van der Waals surface area contributed by atoms with E-state index in [0.29, 0.717) is 11.4 Å². The topological polar surface area (TPSA) is 117 Å². The summed E-state index contributed by atoms with van der Waals surface area (Å²) < 4.78 is 10.4. The highest BCUT2D eigenvalue weighted by molar-refractivity contribution is 5.99. The highest BCUT2D eigenvalue weighted by Crippen LogP contribution is 2.27. The van der Waals surface area contributed by atoms with E-state index in [9.17, 15) is 19.5 Å². The molecular weight excluding hydrogens is 462 g/mol. The molecule has 0 saturated heterocycles. The van der Waals surface area contributed by atoms with Gasteiger partial charge in [-0.25, -0.2) is 4.79 Å². The molecule has 9 heteroatoms. The molecule has 0 aromatic heterocycles. The predicted octanol–water partition coefficient (Wildman–Crippen LogP) is 4.05. The first-order valence-corrected chi connectivity index (χ1v) is 11.4. The highest BCUT2D eigenvalue weighted by atomic mass is 16.6. The normalized spacial score (nSPS) is 12.6. The number of nitrogens with one attached hydrogen (secondary N) is 2. The number of anilines is 1. The van der Waals surface area contributed by atoms with E-state index >= 15 is 0 Å². The van der Waals surface area contributed by atoms with E-state index in [4.69, 9.17) is 15.9 Å². The second kappa shape index (κ2) is 12.0. The SMILES string of the molecule is C#CN(C(=O)C(NC(=O)OC(C)(C)C)C(C)C)C(C(=O)Nc1ccc(OC)cc1)c1cccc(O)c1. The number of carbonyl (C=O) groups is 3. The van der Waals surface area contributed by atoms with Crippen LogP contribution in [0.3, 0.4) is 0 Å². The first-order chi connectivity index (χ1) is 16.9. The molecule has 0 radical (unpaired) electrons. The van der Waals surface area contributed by atoms with Gasteiger partial charge in [-0.2, -0.15) is 0 Å². The van der Waals surface area contributed by atoms with Crippen LogP contribution in [-0.4, -0.2) is 46.7 Å². The maximum Gasteiger partial charge on any atom is 0.408 e. The van der Waals surface area contributed by atoms with Gasteiger partial charge < -0.3 is 25.2 Å². The summed E-state index contributed by atoms with van der Waals surface area (Å²) in [6.45, 7) is 8.57.